The van der Waals surface area contributed by atoms with Gasteiger partial charge in [-0.15, -0.1) is 0 Å². The molecule has 0 aromatic heterocycles. The summed E-state index contributed by atoms with van der Waals surface area (Å²) in [6.07, 6.45) is -1.39. The van der Waals surface area contributed by atoms with E-state index >= 15 is 0 Å². The second-order valence-corrected chi connectivity index (χ2v) is 13.5. The average Bonchev–Trinajstić information content (AvgIpc) is 2.60. The quantitative estimate of drug-likeness (QED) is 0.216. The smallest absolute Gasteiger partial charge is 0.392 e. The molecule has 0 saturated heterocycles. The fraction of sp³-hybridized carbons (Fsp3) is 0.636. The number of ether oxygens (including phenoxy) is 2. The maximum atomic E-state index is 12.4. The van der Waals surface area contributed by atoms with Gasteiger partial charge in [0.05, 0.1) is 26.2 Å². The Morgan fingerprint density at radius 2 is 1.66 bits per heavy atom. The van der Waals surface area contributed by atoms with Gasteiger partial charge < -0.3 is 13.9 Å². The molecular weight excluding hydrogens is 397 g/mol. The summed E-state index contributed by atoms with van der Waals surface area (Å²) in [6, 6.07) is 7.66. The van der Waals surface area contributed by atoms with Crippen molar-refractivity contribution in [3.63, 3.8) is 0 Å². The first-order chi connectivity index (χ1) is 13.3. The van der Waals surface area contributed by atoms with Crippen LogP contribution in [0.4, 0.5) is 13.2 Å². The van der Waals surface area contributed by atoms with Gasteiger partial charge in [-0.2, -0.15) is 13.2 Å². The van der Waals surface area contributed by atoms with Gasteiger partial charge in [0.25, 0.3) is 0 Å². The van der Waals surface area contributed by atoms with Crippen molar-refractivity contribution < 1.29 is 27.1 Å². The molecule has 0 bridgehead atoms. The number of allylic oxidation sites excluding steroid dienone is 1. The summed E-state index contributed by atoms with van der Waals surface area (Å²) in [5.74, 6) is 0.794. The SMILES string of the molecule is COc1ccc(COCC[C@H](C/C=C\CC(F)(F)F)O[Si](C)(C)C(C)(C)C)cc1. The molecule has 0 amide bonds. The van der Waals surface area contributed by atoms with Crippen LogP contribution >= 0.6 is 0 Å². The van der Waals surface area contributed by atoms with Crippen LogP contribution in [0.5, 0.6) is 5.75 Å². The molecule has 7 heteroatoms. The predicted octanol–water partition coefficient (Wildman–Crippen LogP) is 6.89. The largest absolute Gasteiger partial charge is 0.497 e. The molecule has 0 saturated carbocycles. The van der Waals surface area contributed by atoms with Crippen LogP contribution < -0.4 is 4.74 Å². The Morgan fingerprint density at radius 1 is 1.03 bits per heavy atom. The van der Waals surface area contributed by atoms with Gasteiger partial charge >= 0.3 is 6.18 Å². The lowest BCUT2D eigenvalue weighted by atomic mass is 10.2. The van der Waals surface area contributed by atoms with Gasteiger partial charge in [-0.05, 0) is 48.7 Å². The zero-order chi connectivity index (χ0) is 22.1. The highest BCUT2D eigenvalue weighted by molar-refractivity contribution is 6.74. The number of methoxy groups -OCH3 is 1. The number of hydrogen-bond acceptors (Lipinski definition) is 3. The standard InChI is InChI=1S/C22H35F3O3Si/c1-21(2,3)29(5,6)28-20(9-7-8-15-22(23,24)25)14-16-27-17-18-10-12-19(26-4)13-11-18/h7-8,10-13,20H,9,14-17H2,1-6H3/b8-7-/t20-/m0/s1. The molecule has 1 aromatic rings. The van der Waals surface area contributed by atoms with Crippen LogP contribution in [0.2, 0.25) is 18.1 Å². The maximum Gasteiger partial charge on any atom is 0.392 e. The van der Waals surface area contributed by atoms with Gasteiger partial charge in [-0.1, -0.05) is 45.1 Å². The van der Waals surface area contributed by atoms with E-state index in [1.807, 2.05) is 24.3 Å². The van der Waals surface area contributed by atoms with E-state index < -0.39 is 20.9 Å². The third-order valence-electron chi connectivity index (χ3n) is 5.19. The van der Waals surface area contributed by atoms with E-state index in [4.69, 9.17) is 13.9 Å². The van der Waals surface area contributed by atoms with Crippen LogP contribution in [-0.4, -0.2) is 34.3 Å². The van der Waals surface area contributed by atoms with Crippen LogP contribution in [0.3, 0.4) is 0 Å². The van der Waals surface area contributed by atoms with Gasteiger partial charge in [0.15, 0.2) is 8.32 Å². The first kappa shape index (κ1) is 25.7. The summed E-state index contributed by atoms with van der Waals surface area (Å²) in [7, 11) is -0.403. The van der Waals surface area contributed by atoms with E-state index in [-0.39, 0.29) is 11.1 Å². The molecule has 3 nitrogen and oxygen atoms in total. The number of halogens is 3. The Bertz CT molecular complexity index is 620. The highest BCUT2D eigenvalue weighted by Gasteiger charge is 2.38. The van der Waals surface area contributed by atoms with Gasteiger partial charge in [-0.25, -0.2) is 0 Å². The summed E-state index contributed by atoms with van der Waals surface area (Å²) < 4.78 is 54.4. The van der Waals surface area contributed by atoms with Crippen molar-refractivity contribution >= 4 is 8.32 Å². The molecule has 1 aromatic carbocycles. The Morgan fingerprint density at radius 3 is 2.17 bits per heavy atom. The summed E-state index contributed by atoms with van der Waals surface area (Å²) in [5.41, 5.74) is 1.04. The molecule has 1 rings (SSSR count). The fourth-order valence-corrected chi connectivity index (χ4v) is 3.81. The molecule has 0 aliphatic carbocycles. The second kappa shape index (κ2) is 11.2. The lowest BCUT2D eigenvalue weighted by molar-refractivity contribution is -0.125. The third kappa shape index (κ3) is 10.3. The van der Waals surface area contributed by atoms with E-state index in [1.54, 1.807) is 13.2 Å². The van der Waals surface area contributed by atoms with E-state index in [1.165, 1.54) is 6.08 Å². The van der Waals surface area contributed by atoms with Crippen molar-refractivity contribution in [2.24, 2.45) is 0 Å². The Hall–Kier alpha value is -1.31. The topological polar surface area (TPSA) is 27.7 Å². The minimum atomic E-state index is -4.17. The van der Waals surface area contributed by atoms with Crippen molar-refractivity contribution in [3.8, 4) is 5.75 Å². The molecule has 0 heterocycles. The number of benzene rings is 1. The van der Waals surface area contributed by atoms with E-state index in [0.717, 1.165) is 11.3 Å². The summed E-state index contributed by atoms with van der Waals surface area (Å²) in [6.45, 7) is 11.7. The van der Waals surface area contributed by atoms with Crippen LogP contribution in [-0.2, 0) is 15.8 Å². The van der Waals surface area contributed by atoms with Gasteiger partial charge in [0.2, 0.25) is 0 Å². The van der Waals surface area contributed by atoms with E-state index in [2.05, 4.69) is 33.9 Å². The van der Waals surface area contributed by atoms with Crippen molar-refractivity contribution in [1.29, 1.82) is 0 Å². The van der Waals surface area contributed by atoms with Crippen molar-refractivity contribution in [3.05, 3.63) is 42.0 Å². The molecule has 0 unspecified atom stereocenters. The molecule has 29 heavy (non-hydrogen) atoms. The Balaban J connectivity index is 2.59. The summed E-state index contributed by atoms with van der Waals surface area (Å²) in [5, 5.41) is 0.0326. The average molecular weight is 433 g/mol. The minimum Gasteiger partial charge on any atom is -0.497 e. The van der Waals surface area contributed by atoms with Crippen LogP contribution in [0, 0.1) is 0 Å². The van der Waals surface area contributed by atoms with Crippen LogP contribution in [0.1, 0.15) is 45.6 Å². The number of rotatable bonds is 11. The monoisotopic (exact) mass is 432 g/mol. The summed E-state index contributed by atoms with van der Waals surface area (Å²) >= 11 is 0. The van der Waals surface area contributed by atoms with Gasteiger partial charge in [0, 0.05) is 6.61 Å². The minimum absolute atomic E-state index is 0.0326. The molecule has 0 aliphatic rings. The summed E-state index contributed by atoms with van der Waals surface area (Å²) in [4.78, 5) is 0. The lowest BCUT2D eigenvalue weighted by Crippen LogP contribution is -2.44. The van der Waals surface area contributed by atoms with Crippen molar-refractivity contribution in [2.75, 3.05) is 13.7 Å². The third-order valence-corrected chi connectivity index (χ3v) is 9.73. The highest BCUT2D eigenvalue weighted by Crippen LogP contribution is 2.38. The predicted molar refractivity (Wildman–Crippen MR) is 114 cm³/mol. The lowest BCUT2D eigenvalue weighted by Gasteiger charge is -2.39. The molecule has 0 radical (unpaired) electrons. The van der Waals surface area contributed by atoms with E-state index in [0.29, 0.717) is 26.1 Å². The second-order valence-electron chi connectivity index (χ2n) is 8.72. The van der Waals surface area contributed by atoms with Crippen molar-refractivity contribution in [2.45, 2.75) is 77.1 Å². The highest BCUT2D eigenvalue weighted by atomic mass is 28.4. The molecule has 0 spiro atoms. The molecule has 0 N–H and O–H groups in total. The first-order valence-corrected chi connectivity index (χ1v) is 12.8. The molecule has 1 atom stereocenters. The molecule has 0 fully saturated rings. The molecular formula is C22H35F3O3Si. The zero-order valence-electron chi connectivity index (χ0n) is 18.4. The maximum absolute atomic E-state index is 12.4. The van der Waals surface area contributed by atoms with Crippen LogP contribution in [0.15, 0.2) is 36.4 Å². The van der Waals surface area contributed by atoms with Gasteiger partial charge in [-0.3, -0.25) is 0 Å². The van der Waals surface area contributed by atoms with Crippen molar-refractivity contribution in [1.82, 2.24) is 0 Å². The van der Waals surface area contributed by atoms with Gasteiger partial charge in [0.1, 0.15) is 5.75 Å². The normalized spacial score (nSPS) is 14.4. The fourth-order valence-electron chi connectivity index (χ4n) is 2.41. The first-order valence-electron chi connectivity index (χ1n) is 9.94. The van der Waals surface area contributed by atoms with E-state index in [9.17, 15) is 13.2 Å². The number of hydrogen-bond donors (Lipinski definition) is 0. The molecule has 166 valence electrons. The Kier molecular flexibility index (Phi) is 9.92. The zero-order valence-corrected chi connectivity index (χ0v) is 19.4. The molecule has 0 aliphatic heterocycles. The Labute approximate surface area is 174 Å². The van der Waals surface area contributed by atoms with Crippen LogP contribution in [0.25, 0.3) is 0 Å². The number of alkyl halides is 3.